The van der Waals surface area contributed by atoms with Gasteiger partial charge in [-0.1, -0.05) is 6.92 Å². The van der Waals surface area contributed by atoms with Gasteiger partial charge in [0.15, 0.2) is 0 Å². The molecule has 20 heavy (non-hydrogen) atoms. The fraction of sp³-hybridized carbons (Fsp3) is 0.286. The molecule has 1 heterocycles. The normalized spacial score (nSPS) is 10.5. The third kappa shape index (κ3) is 3.80. The lowest BCUT2D eigenvalue weighted by Crippen LogP contribution is -2.00. The molecule has 4 nitrogen and oxygen atoms in total. The van der Waals surface area contributed by atoms with Gasteiger partial charge < -0.3 is 9.84 Å². The molecule has 1 aromatic heterocycles. The summed E-state index contributed by atoms with van der Waals surface area (Å²) in [7, 11) is 0. The molecule has 0 bridgehead atoms. The first-order chi connectivity index (χ1) is 9.60. The number of halogens is 1. The summed E-state index contributed by atoms with van der Waals surface area (Å²) in [6.07, 6.45) is 2.04. The van der Waals surface area contributed by atoms with Gasteiger partial charge in [-0.15, -0.1) is 11.3 Å². The standard InChI is InChI=1S/C14H14BrNO3S/c1-2-3-13-16-10(8-20-13)7-19-12-6-9(14(17)18)4-5-11(12)15/h4-6,8H,2-3,7H2,1H3,(H,17,18). The smallest absolute Gasteiger partial charge is 0.335 e. The number of rotatable bonds is 6. The van der Waals surface area contributed by atoms with Crippen molar-refractivity contribution in [1.29, 1.82) is 0 Å². The van der Waals surface area contributed by atoms with Gasteiger partial charge in [-0.25, -0.2) is 9.78 Å². The van der Waals surface area contributed by atoms with Crippen LogP contribution in [0.4, 0.5) is 0 Å². The third-order valence-electron chi connectivity index (χ3n) is 2.62. The monoisotopic (exact) mass is 355 g/mol. The number of benzene rings is 1. The number of hydrogen-bond acceptors (Lipinski definition) is 4. The maximum atomic E-state index is 10.9. The highest BCUT2D eigenvalue weighted by molar-refractivity contribution is 9.10. The molecule has 0 aliphatic heterocycles. The average Bonchev–Trinajstić information content (AvgIpc) is 2.86. The Morgan fingerprint density at radius 3 is 3.00 bits per heavy atom. The summed E-state index contributed by atoms with van der Waals surface area (Å²) in [6, 6.07) is 4.70. The van der Waals surface area contributed by atoms with E-state index in [1.807, 2.05) is 5.38 Å². The van der Waals surface area contributed by atoms with E-state index in [0.29, 0.717) is 12.4 Å². The molecule has 0 radical (unpaired) electrons. The van der Waals surface area contributed by atoms with Gasteiger partial charge in [0.25, 0.3) is 0 Å². The molecule has 0 saturated heterocycles. The van der Waals surface area contributed by atoms with Crippen LogP contribution in [-0.2, 0) is 13.0 Å². The molecule has 0 amide bonds. The minimum absolute atomic E-state index is 0.202. The van der Waals surface area contributed by atoms with Crippen LogP contribution in [0.3, 0.4) is 0 Å². The van der Waals surface area contributed by atoms with Gasteiger partial charge in [0.05, 0.1) is 20.7 Å². The Hall–Kier alpha value is -1.40. The van der Waals surface area contributed by atoms with Crippen molar-refractivity contribution in [3.63, 3.8) is 0 Å². The zero-order chi connectivity index (χ0) is 14.5. The first-order valence-corrected chi connectivity index (χ1v) is 7.86. The molecule has 2 aromatic rings. The third-order valence-corrected chi connectivity index (χ3v) is 4.23. The Labute approximate surface area is 129 Å². The second kappa shape index (κ2) is 6.85. The zero-order valence-electron chi connectivity index (χ0n) is 10.9. The van der Waals surface area contributed by atoms with Crippen LogP contribution in [-0.4, -0.2) is 16.1 Å². The van der Waals surface area contributed by atoms with Crippen molar-refractivity contribution in [3.05, 3.63) is 44.3 Å². The van der Waals surface area contributed by atoms with E-state index < -0.39 is 5.97 Å². The Morgan fingerprint density at radius 2 is 2.30 bits per heavy atom. The number of ether oxygens (including phenoxy) is 1. The van der Waals surface area contributed by atoms with Crippen molar-refractivity contribution >= 4 is 33.2 Å². The molecule has 0 fully saturated rings. The number of carbonyl (C=O) groups is 1. The van der Waals surface area contributed by atoms with Crippen molar-refractivity contribution in [2.75, 3.05) is 0 Å². The average molecular weight is 356 g/mol. The minimum Gasteiger partial charge on any atom is -0.486 e. The molecule has 6 heteroatoms. The molecule has 0 atom stereocenters. The molecule has 0 spiro atoms. The number of hydrogen-bond donors (Lipinski definition) is 1. The molecule has 106 valence electrons. The summed E-state index contributed by atoms with van der Waals surface area (Å²) >= 11 is 4.97. The number of nitrogens with zero attached hydrogens (tertiary/aromatic N) is 1. The number of aromatic nitrogens is 1. The van der Waals surface area contributed by atoms with Crippen molar-refractivity contribution in [2.45, 2.75) is 26.4 Å². The van der Waals surface area contributed by atoms with Gasteiger partial charge in [-0.3, -0.25) is 0 Å². The van der Waals surface area contributed by atoms with Gasteiger partial charge in [-0.2, -0.15) is 0 Å². The number of aromatic carboxylic acids is 1. The van der Waals surface area contributed by atoms with Crippen LogP contribution in [0.5, 0.6) is 5.75 Å². The maximum absolute atomic E-state index is 10.9. The predicted octanol–water partition coefficient (Wildman–Crippen LogP) is 4.14. The lowest BCUT2D eigenvalue weighted by atomic mass is 10.2. The first kappa shape index (κ1) is 15.0. The van der Waals surface area contributed by atoms with Crippen LogP contribution in [0.1, 0.15) is 34.4 Å². The number of carboxylic acid groups (broad SMARTS) is 1. The van der Waals surface area contributed by atoms with E-state index in [0.717, 1.165) is 28.0 Å². The fourth-order valence-corrected chi connectivity index (χ4v) is 2.89. The van der Waals surface area contributed by atoms with Gasteiger partial charge in [0.2, 0.25) is 0 Å². The van der Waals surface area contributed by atoms with Gasteiger partial charge in [0, 0.05) is 5.38 Å². The van der Waals surface area contributed by atoms with E-state index in [4.69, 9.17) is 9.84 Å². The van der Waals surface area contributed by atoms with Crippen LogP contribution in [0.25, 0.3) is 0 Å². The summed E-state index contributed by atoms with van der Waals surface area (Å²) in [5.41, 5.74) is 1.07. The van der Waals surface area contributed by atoms with Gasteiger partial charge in [-0.05, 0) is 47.0 Å². The zero-order valence-corrected chi connectivity index (χ0v) is 13.3. The van der Waals surface area contributed by atoms with E-state index in [2.05, 4.69) is 27.8 Å². The summed E-state index contributed by atoms with van der Waals surface area (Å²) in [4.78, 5) is 15.4. The van der Waals surface area contributed by atoms with Crippen LogP contribution in [0.15, 0.2) is 28.1 Å². The Bertz CT molecular complexity index is 612. The van der Waals surface area contributed by atoms with E-state index >= 15 is 0 Å². The summed E-state index contributed by atoms with van der Waals surface area (Å²) < 4.78 is 6.37. The van der Waals surface area contributed by atoms with Crippen molar-refractivity contribution in [3.8, 4) is 5.75 Å². The van der Waals surface area contributed by atoms with Gasteiger partial charge in [0.1, 0.15) is 12.4 Å². The van der Waals surface area contributed by atoms with Crippen LogP contribution >= 0.6 is 27.3 Å². The fourth-order valence-electron chi connectivity index (χ4n) is 1.64. The molecular weight excluding hydrogens is 342 g/mol. The highest BCUT2D eigenvalue weighted by Crippen LogP contribution is 2.27. The highest BCUT2D eigenvalue weighted by Gasteiger charge is 2.09. The number of aryl methyl sites for hydroxylation is 1. The summed E-state index contributed by atoms with van der Waals surface area (Å²) in [5, 5.41) is 12.0. The van der Waals surface area contributed by atoms with Crippen molar-refractivity contribution in [1.82, 2.24) is 4.98 Å². The second-order valence-corrected chi connectivity index (χ2v) is 6.02. The molecule has 0 unspecified atom stereocenters. The maximum Gasteiger partial charge on any atom is 0.335 e. The van der Waals surface area contributed by atoms with E-state index in [-0.39, 0.29) is 5.56 Å². The SMILES string of the molecule is CCCc1nc(COc2cc(C(=O)O)ccc2Br)cs1. The Balaban J connectivity index is 2.05. The van der Waals surface area contributed by atoms with E-state index in [1.54, 1.807) is 17.4 Å². The lowest BCUT2D eigenvalue weighted by molar-refractivity contribution is 0.0696. The summed E-state index contributed by atoms with van der Waals surface area (Å²) in [6.45, 7) is 2.45. The van der Waals surface area contributed by atoms with Gasteiger partial charge >= 0.3 is 5.97 Å². The van der Waals surface area contributed by atoms with E-state index in [1.165, 1.54) is 12.1 Å². The van der Waals surface area contributed by atoms with E-state index in [9.17, 15) is 4.79 Å². The molecule has 1 aromatic carbocycles. The molecule has 0 aliphatic rings. The molecule has 1 N–H and O–H groups in total. The quantitative estimate of drug-likeness (QED) is 0.845. The molecule has 0 saturated carbocycles. The lowest BCUT2D eigenvalue weighted by Gasteiger charge is -2.07. The molecule has 0 aliphatic carbocycles. The predicted molar refractivity (Wildman–Crippen MR) is 81.5 cm³/mol. The van der Waals surface area contributed by atoms with Crippen LogP contribution in [0, 0.1) is 0 Å². The van der Waals surface area contributed by atoms with Crippen LogP contribution in [0.2, 0.25) is 0 Å². The summed E-state index contributed by atoms with van der Waals surface area (Å²) in [5.74, 6) is -0.462. The van der Waals surface area contributed by atoms with Crippen LogP contribution < -0.4 is 4.74 Å². The first-order valence-electron chi connectivity index (χ1n) is 6.19. The number of carboxylic acids is 1. The Kier molecular flexibility index (Phi) is 5.14. The largest absolute Gasteiger partial charge is 0.486 e. The minimum atomic E-state index is -0.971. The highest BCUT2D eigenvalue weighted by atomic mass is 79.9. The molecule has 2 rings (SSSR count). The van der Waals surface area contributed by atoms with Crippen molar-refractivity contribution < 1.29 is 14.6 Å². The number of thiazole rings is 1. The van der Waals surface area contributed by atoms with Crippen molar-refractivity contribution in [2.24, 2.45) is 0 Å². The topological polar surface area (TPSA) is 59.4 Å². The second-order valence-electron chi connectivity index (χ2n) is 4.22. The molecular formula is C14H14BrNO3S. The Morgan fingerprint density at radius 1 is 1.50 bits per heavy atom.